The standard InChI is InChI=1S/C17H23Cl3O4Si/c1-3-5-11-23-15-12-13(8-10-16(21)22)7-9-14(15)24-17(6-4-2)25(18,19)20/h7-10,12,17H,3-6,11H2,1-2H3,(H,21,22)/b10-8+. The number of hydrogen-bond donors (Lipinski definition) is 1. The van der Waals surface area contributed by atoms with E-state index in [9.17, 15) is 4.79 Å². The first-order valence-electron chi connectivity index (χ1n) is 8.19. The third-order valence-corrected chi connectivity index (χ3v) is 6.65. The summed E-state index contributed by atoms with van der Waals surface area (Å²) in [6.45, 7) is 4.60. The fraction of sp³-hybridized carbons (Fsp3) is 0.471. The second kappa shape index (κ2) is 11.0. The molecule has 1 aromatic carbocycles. The number of hydrogen-bond acceptors (Lipinski definition) is 3. The van der Waals surface area contributed by atoms with Crippen LogP contribution in [0.15, 0.2) is 24.3 Å². The molecule has 0 radical (unpaired) electrons. The van der Waals surface area contributed by atoms with Gasteiger partial charge in [0.1, 0.15) is 5.73 Å². The Hall–Kier alpha value is -0.883. The highest BCUT2D eigenvalue weighted by Crippen LogP contribution is 2.35. The van der Waals surface area contributed by atoms with Crippen LogP contribution in [-0.2, 0) is 4.79 Å². The molecule has 4 nitrogen and oxygen atoms in total. The highest BCUT2D eigenvalue weighted by molar-refractivity contribution is 7.65. The number of ether oxygens (including phenoxy) is 2. The topological polar surface area (TPSA) is 55.8 Å². The van der Waals surface area contributed by atoms with E-state index in [0.717, 1.165) is 25.3 Å². The van der Waals surface area contributed by atoms with Crippen molar-refractivity contribution in [1.82, 2.24) is 0 Å². The Bertz CT molecular complexity index is 588. The first kappa shape index (κ1) is 22.2. The molecule has 0 heterocycles. The third kappa shape index (κ3) is 8.36. The second-order valence-electron chi connectivity index (χ2n) is 5.52. The van der Waals surface area contributed by atoms with Gasteiger partial charge in [-0.05, 0) is 36.6 Å². The van der Waals surface area contributed by atoms with Crippen LogP contribution in [0.2, 0.25) is 0 Å². The molecule has 1 atom stereocenters. The van der Waals surface area contributed by atoms with E-state index in [-0.39, 0.29) is 0 Å². The third-order valence-electron chi connectivity index (χ3n) is 3.33. The molecule has 0 aromatic heterocycles. The zero-order chi connectivity index (χ0) is 18.9. The Balaban J connectivity index is 3.07. The first-order chi connectivity index (χ1) is 11.8. The number of aliphatic carboxylic acids is 1. The van der Waals surface area contributed by atoms with E-state index in [2.05, 4.69) is 6.92 Å². The van der Waals surface area contributed by atoms with Gasteiger partial charge < -0.3 is 14.6 Å². The Labute approximate surface area is 163 Å². The van der Waals surface area contributed by atoms with Gasteiger partial charge in [-0.2, -0.15) is 0 Å². The maximum absolute atomic E-state index is 10.7. The van der Waals surface area contributed by atoms with Gasteiger partial charge in [0.2, 0.25) is 0 Å². The summed E-state index contributed by atoms with van der Waals surface area (Å²) in [7, 11) is 0. The van der Waals surface area contributed by atoms with E-state index in [1.807, 2.05) is 6.92 Å². The summed E-state index contributed by atoms with van der Waals surface area (Å²) in [4.78, 5) is 10.7. The highest BCUT2D eigenvalue weighted by atomic mass is 35.8. The average molecular weight is 426 g/mol. The van der Waals surface area contributed by atoms with Crippen LogP contribution in [0.5, 0.6) is 11.5 Å². The molecule has 140 valence electrons. The molecular formula is C17H23Cl3O4Si. The van der Waals surface area contributed by atoms with E-state index in [1.165, 1.54) is 6.08 Å². The summed E-state index contributed by atoms with van der Waals surface area (Å²) in [6.07, 6.45) is 5.92. The largest absolute Gasteiger partial charge is 0.490 e. The van der Waals surface area contributed by atoms with E-state index in [4.69, 9.17) is 47.8 Å². The predicted molar refractivity (Wildman–Crippen MR) is 106 cm³/mol. The van der Waals surface area contributed by atoms with Crippen LogP contribution in [0, 0.1) is 0 Å². The lowest BCUT2D eigenvalue weighted by atomic mass is 10.2. The molecule has 1 N–H and O–H groups in total. The summed E-state index contributed by atoms with van der Waals surface area (Å²) < 4.78 is 11.8. The Kier molecular flexibility index (Phi) is 9.72. The number of carboxylic acids is 1. The van der Waals surface area contributed by atoms with Gasteiger partial charge in [0.05, 0.1) is 6.61 Å². The van der Waals surface area contributed by atoms with Crippen molar-refractivity contribution in [3.8, 4) is 11.5 Å². The van der Waals surface area contributed by atoms with Crippen molar-refractivity contribution in [3.63, 3.8) is 0 Å². The molecule has 0 fully saturated rings. The van der Waals surface area contributed by atoms with Gasteiger partial charge in [0, 0.05) is 6.08 Å². The summed E-state index contributed by atoms with van der Waals surface area (Å²) in [5.74, 6) is 0.00480. The lowest BCUT2D eigenvalue weighted by molar-refractivity contribution is -0.131. The second-order valence-corrected chi connectivity index (χ2v) is 14.4. The van der Waals surface area contributed by atoms with E-state index in [0.29, 0.717) is 30.1 Å². The molecule has 0 bridgehead atoms. The molecular weight excluding hydrogens is 403 g/mol. The molecule has 1 aromatic rings. The smallest absolute Gasteiger partial charge is 0.381 e. The zero-order valence-corrected chi connectivity index (χ0v) is 17.6. The first-order valence-corrected chi connectivity index (χ1v) is 13.3. The summed E-state index contributed by atoms with van der Waals surface area (Å²) in [6, 6.07) is 2.14. The maximum atomic E-state index is 10.7. The Morgan fingerprint density at radius 2 is 1.96 bits per heavy atom. The quantitative estimate of drug-likeness (QED) is 0.214. The van der Waals surface area contributed by atoms with Crippen molar-refractivity contribution >= 4 is 51.3 Å². The minimum Gasteiger partial charge on any atom is -0.490 e. The lowest BCUT2D eigenvalue weighted by Crippen LogP contribution is -2.36. The van der Waals surface area contributed by atoms with Crippen LogP contribution in [0.25, 0.3) is 6.08 Å². The number of halogens is 3. The number of benzene rings is 1. The van der Waals surface area contributed by atoms with Crippen molar-refractivity contribution in [2.45, 2.75) is 45.3 Å². The van der Waals surface area contributed by atoms with Gasteiger partial charge >= 0.3 is 12.0 Å². The van der Waals surface area contributed by atoms with Gasteiger partial charge in [-0.3, -0.25) is 0 Å². The molecule has 0 saturated carbocycles. The molecule has 25 heavy (non-hydrogen) atoms. The number of carboxylic acid groups (broad SMARTS) is 1. The molecule has 0 saturated heterocycles. The van der Waals surface area contributed by atoms with Crippen LogP contribution >= 0.6 is 33.2 Å². The van der Waals surface area contributed by atoms with Crippen molar-refractivity contribution in [2.24, 2.45) is 0 Å². The van der Waals surface area contributed by atoms with Crippen LogP contribution in [0.3, 0.4) is 0 Å². The van der Waals surface area contributed by atoms with Crippen molar-refractivity contribution in [1.29, 1.82) is 0 Å². The highest BCUT2D eigenvalue weighted by Gasteiger charge is 2.38. The summed E-state index contributed by atoms with van der Waals surface area (Å²) in [5.41, 5.74) is 0.218. The van der Waals surface area contributed by atoms with E-state index in [1.54, 1.807) is 18.2 Å². The van der Waals surface area contributed by atoms with Crippen LogP contribution in [-0.4, -0.2) is 29.4 Å². The van der Waals surface area contributed by atoms with Crippen molar-refractivity contribution in [3.05, 3.63) is 29.8 Å². The van der Waals surface area contributed by atoms with Crippen LogP contribution in [0.1, 0.15) is 45.1 Å². The van der Waals surface area contributed by atoms with Gasteiger partial charge in [-0.1, -0.05) is 32.8 Å². The zero-order valence-electron chi connectivity index (χ0n) is 14.3. The summed E-state index contributed by atoms with van der Waals surface area (Å²) in [5, 5.41) is 8.76. The lowest BCUT2D eigenvalue weighted by Gasteiger charge is -2.24. The molecule has 1 unspecified atom stereocenters. The van der Waals surface area contributed by atoms with E-state index >= 15 is 0 Å². The normalized spacial score (nSPS) is 13.0. The van der Waals surface area contributed by atoms with Crippen molar-refractivity contribution in [2.75, 3.05) is 6.61 Å². The number of unbranched alkanes of at least 4 members (excludes halogenated alkanes) is 1. The minimum atomic E-state index is -3.05. The molecule has 0 aliphatic rings. The summed E-state index contributed by atoms with van der Waals surface area (Å²) >= 11 is 18.5. The SMILES string of the molecule is CCCCOc1cc(/C=C/C(=O)O)ccc1OC(CCC)[Si](Cl)(Cl)Cl. The Morgan fingerprint density at radius 3 is 2.52 bits per heavy atom. The van der Waals surface area contributed by atoms with Gasteiger partial charge in [0.25, 0.3) is 0 Å². The van der Waals surface area contributed by atoms with Gasteiger partial charge in [-0.15, -0.1) is 33.2 Å². The average Bonchev–Trinajstić information content (AvgIpc) is 2.53. The van der Waals surface area contributed by atoms with Crippen LogP contribution < -0.4 is 9.47 Å². The van der Waals surface area contributed by atoms with Gasteiger partial charge in [-0.25, -0.2) is 4.79 Å². The molecule has 0 aliphatic heterocycles. The minimum absolute atomic E-state index is 0.476. The predicted octanol–water partition coefficient (Wildman–Crippen LogP) is 5.71. The monoisotopic (exact) mass is 424 g/mol. The molecule has 0 spiro atoms. The van der Waals surface area contributed by atoms with Crippen molar-refractivity contribution < 1.29 is 19.4 Å². The maximum Gasteiger partial charge on any atom is 0.381 e. The molecule has 0 aliphatic carbocycles. The van der Waals surface area contributed by atoms with Crippen LogP contribution in [0.4, 0.5) is 0 Å². The fourth-order valence-electron chi connectivity index (χ4n) is 2.04. The Morgan fingerprint density at radius 1 is 1.24 bits per heavy atom. The number of rotatable bonds is 11. The molecule has 1 rings (SSSR count). The molecule has 8 heteroatoms. The number of carbonyl (C=O) groups is 1. The fourth-order valence-corrected chi connectivity index (χ4v) is 4.30. The van der Waals surface area contributed by atoms with E-state index < -0.39 is 17.7 Å². The van der Waals surface area contributed by atoms with Gasteiger partial charge in [0.15, 0.2) is 11.5 Å². The molecule has 0 amide bonds.